The molecule has 1 aliphatic carbocycles. The third kappa shape index (κ3) is 3.28. The first kappa shape index (κ1) is 12.1. The Hall–Kier alpha value is -1.39. The third-order valence-corrected chi connectivity index (χ3v) is 3.05. The van der Waals surface area contributed by atoms with Crippen molar-refractivity contribution >= 4 is 5.69 Å². The summed E-state index contributed by atoms with van der Waals surface area (Å²) in [5.74, 6) is -1.88. The minimum atomic E-state index is -2.47. The lowest BCUT2D eigenvalue weighted by Gasteiger charge is -2.12. The van der Waals surface area contributed by atoms with Crippen molar-refractivity contribution in [2.75, 3.05) is 19.0 Å². The lowest BCUT2D eigenvalue weighted by molar-refractivity contribution is 0.00556. The second-order valence-electron chi connectivity index (χ2n) is 4.43. The quantitative estimate of drug-likeness (QED) is 0.881. The zero-order valence-electron chi connectivity index (χ0n) is 9.75. The summed E-state index contributed by atoms with van der Waals surface area (Å²) in [6.45, 7) is 0.573. The molecule has 0 aliphatic heterocycles. The number of ether oxygens (including phenoxy) is 1. The molecule has 5 heteroatoms. The van der Waals surface area contributed by atoms with Gasteiger partial charge in [-0.05, 0) is 18.4 Å². The molecule has 17 heavy (non-hydrogen) atoms. The van der Waals surface area contributed by atoms with Crippen LogP contribution in [0.2, 0.25) is 0 Å². The van der Waals surface area contributed by atoms with E-state index in [1.54, 1.807) is 19.4 Å². The van der Waals surface area contributed by atoms with E-state index < -0.39 is 5.92 Å². The van der Waals surface area contributed by atoms with Gasteiger partial charge in [0.25, 0.3) is 0 Å². The number of halogens is 2. The number of nitrogens with one attached hydrogen (secondary N) is 1. The maximum Gasteiger partial charge on any atom is 0.248 e. The van der Waals surface area contributed by atoms with Gasteiger partial charge in [0, 0.05) is 25.5 Å². The minimum Gasteiger partial charge on any atom is -0.481 e. The average molecular weight is 242 g/mol. The van der Waals surface area contributed by atoms with Crippen molar-refractivity contribution < 1.29 is 13.5 Å². The molecule has 3 nitrogen and oxygen atoms in total. The van der Waals surface area contributed by atoms with E-state index >= 15 is 0 Å². The highest BCUT2D eigenvalue weighted by Gasteiger charge is 2.38. The maximum atomic E-state index is 13.0. The SMILES string of the molecule is COc1ccc(NCC2CCC(F)(F)C2)cn1. The summed E-state index contributed by atoms with van der Waals surface area (Å²) < 4.78 is 30.9. The number of aromatic nitrogens is 1. The van der Waals surface area contributed by atoms with Crippen LogP contribution >= 0.6 is 0 Å². The predicted molar refractivity (Wildman–Crippen MR) is 61.6 cm³/mol. The van der Waals surface area contributed by atoms with Crippen molar-refractivity contribution in [2.45, 2.75) is 25.2 Å². The molecule has 1 unspecified atom stereocenters. The summed E-state index contributed by atoms with van der Waals surface area (Å²) in [6.07, 6.45) is 2.24. The molecule has 1 heterocycles. The largest absolute Gasteiger partial charge is 0.481 e. The number of rotatable bonds is 4. The van der Waals surface area contributed by atoms with Crippen LogP contribution < -0.4 is 10.1 Å². The normalized spacial score (nSPS) is 22.4. The molecule has 0 amide bonds. The van der Waals surface area contributed by atoms with Crippen molar-refractivity contribution in [1.82, 2.24) is 4.98 Å². The van der Waals surface area contributed by atoms with E-state index in [9.17, 15) is 8.78 Å². The second kappa shape index (κ2) is 4.85. The van der Waals surface area contributed by atoms with Crippen molar-refractivity contribution in [3.63, 3.8) is 0 Å². The summed E-state index contributed by atoms with van der Waals surface area (Å²) in [7, 11) is 1.55. The zero-order valence-corrected chi connectivity index (χ0v) is 9.75. The summed E-state index contributed by atoms with van der Waals surface area (Å²) in [5.41, 5.74) is 0.834. The first-order valence-electron chi connectivity index (χ1n) is 5.71. The molecule has 0 saturated heterocycles. The first-order chi connectivity index (χ1) is 8.09. The number of methoxy groups -OCH3 is 1. The molecule has 1 aliphatic rings. The molecule has 1 aromatic rings. The van der Waals surface area contributed by atoms with Gasteiger partial charge in [-0.15, -0.1) is 0 Å². The highest BCUT2D eigenvalue weighted by molar-refractivity contribution is 5.42. The maximum absolute atomic E-state index is 13.0. The van der Waals surface area contributed by atoms with Crippen LogP contribution in [0.15, 0.2) is 18.3 Å². The summed E-state index contributed by atoms with van der Waals surface area (Å²) >= 11 is 0. The van der Waals surface area contributed by atoms with E-state index in [0.29, 0.717) is 18.8 Å². The fourth-order valence-electron chi connectivity index (χ4n) is 2.08. The Morgan fingerprint density at radius 3 is 2.88 bits per heavy atom. The molecule has 2 rings (SSSR count). The van der Waals surface area contributed by atoms with Gasteiger partial charge in [-0.1, -0.05) is 0 Å². The molecule has 1 aromatic heterocycles. The van der Waals surface area contributed by atoms with Gasteiger partial charge >= 0.3 is 0 Å². The van der Waals surface area contributed by atoms with Gasteiger partial charge in [0.2, 0.25) is 11.8 Å². The van der Waals surface area contributed by atoms with E-state index in [0.717, 1.165) is 5.69 Å². The van der Waals surface area contributed by atoms with Crippen LogP contribution in [0.5, 0.6) is 5.88 Å². The number of pyridine rings is 1. The van der Waals surface area contributed by atoms with Crippen LogP contribution in [0.1, 0.15) is 19.3 Å². The van der Waals surface area contributed by atoms with E-state index in [2.05, 4.69) is 10.3 Å². The van der Waals surface area contributed by atoms with Crippen LogP contribution in [0.3, 0.4) is 0 Å². The lowest BCUT2D eigenvalue weighted by Crippen LogP contribution is -2.15. The Kier molecular flexibility index (Phi) is 3.45. The van der Waals surface area contributed by atoms with Crippen molar-refractivity contribution in [2.24, 2.45) is 5.92 Å². The van der Waals surface area contributed by atoms with Gasteiger partial charge < -0.3 is 10.1 Å². The standard InChI is InChI=1S/C12H16F2N2O/c1-17-11-3-2-10(8-16-11)15-7-9-4-5-12(13,14)6-9/h2-3,8-9,15H,4-7H2,1H3. The molecule has 1 N–H and O–H groups in total. The van der Waals surface area contributed by atoms with Crippen LogP contribution in [0.4, 0.5) is 14.5 Å². The predicted octanol–water partition coefficient (Wildman–Crippen LogP) is 2.94. The molecular weight excluding hydrogens is 226 g/mol. The summed E-state index contributed by atoms with van der Waals surface area (Å²) in [6, 6.07) is 3.57. The Balaban J connectivity index is 1.82. The Morgan fingerprint density at radius 1 is 1.53 bits per heavy atom. The van der Waals surface area contributed by atoms with Crippen molar-refractivity contribution in [3.05, 3.63) is 18.3 Å². The van der Waals surface area contributed by atoms with Crippen LogP contribution in [0, 0.1) is 5.92 Å². The molecule has 1 fully saturated rings. The molecule has 0 radical (unpaired) electrons. The van der Waals surface area contributed by atoms with Gasteiger partial charge in [-0.25, -0.2) is 13.8 Å². The van der Waals surface area contributed by atoms with Crippen LogP contribution in [-0.2, 0) is 0 Å². The number of hydrogen-bond acceptors (Lipinski definition) is 3. The highest BCUT2D eigenvalue weighted by Crippen LogP contribution is 2.38. The minimum absolute atomic E-state index is 0.0103. The summed E-state index contributed by atoms with van der Waals surface area (Å²) in [4.78, 5) is 4.04. The number of alkyl halides is 2. The Labute approximate surface area is 99.2 Å². The topological polar surface area (TPSA) is 34.1 Å². The average Bonchev–Trinajstić information content (AvgIpc) is 2.67. The van der Waals surface area contributed by atoms with Crippen molar-refractivity contribution in [3.8, 4) is 5.88 Å². The monoisotopic (exact) mass is 242 g/mol. The zero-order chi connectivity index (χ0) is 12.3. The lowest BCUT2D eigenvalue weighted by atomic mass is 10.1. The van der Waals surface area contributed by atoms with Gasteiger partial charge in [0.1, 0.15) is 0 Å². The van der Waals surface area contributed by atoms with Gasteiger partial charge in [0.15, 0.2) is 0 Å². The second-order valence-corrected chi connectivity index (χ2v) is 4.43. The van der Waals surface area contributed by atoms with E-state index in [1.807, 2.05) is 6.07 Å². The summed E-state index contributed by atoms with van der Waals surface area (Å²) in [5, 5.41) is 3.12. The molecule has 0 aromatic carbocycles. The van der Waals surface area contributed by atoms with Gasteiger partial charge in [-0.3, -0.25) is 0 Å². The molecule has 94 valence electrons. The van der Waals surface area contributed by atoms with E-state index in [4.69, 9.17) is 4.74 Å². The van der Waals surface area contributed by atoms with Gasteiger partial charge in [0.05, 0.1) is 19.0 Å². The molecular formula is C12H16F2N2O. The molecule has 1 atom stereocenters. The van der Waals surface area contributed by atoms with E-state index in [1.165, 1.54) is 0 Å². The number of anilines is 1. The molecule has 0 bridgehead atoms. The molecule has 1 saturated carbocycles. The van der Waals surface area contributed by atoms with Crippen LogP contribution in [-0.4, -0.2) is 24.6 Å². The Morgan fingerprint density at radius 2 is 2.35 bits per heavy atom. The third-order valence-electron chi connectivity index (χ3n) is 3.05. The van der Waals surface area contributed by atoms with Gasteiger partial charge in [-0.2, -0.15) is 0 Å². The smallest absolute Gasteiger partial charge is 0.248 e. The fourth-order valence-corrected chi connectivity index (χ4v) is 2.08. The highest BCUT2D eigenvalue weighted by atomic mass is 19.3. The van der Waals surface area contributed by atoms with Crippen molar-refractivity contribution in [1.29, 1.82) is 0 Å². The number of nitrogens with zero attached hydrogens (tertiary/aromatic N) is 1. The number of hydrogen-bond donors (Lipinski definition) is 1. The van der Waals surface area contributed by atoms with Crippen LogP contribution in [0.25, 0.3) is 0 Å². The van der Waals surface area contributed by atoms with E-state index in [-0.39, 0.29) is 18.8 Å². The fraction of sp³-hybridized carbons (Fsp3) is 0.583. The Bertz CT molecular complexity index is 367. The molecule has 0 spiro atoms. The first-order valence-corrected chi connectivity index (χ1v) is 5.71.